The summed E-state index contributed by atoms with van der Waals surface area (Å²) >= 11 is 0. The molecular formula is C20H26N2O3. The smallest absolute Gasteiger partial charge is 0.254 e. The maximum atomic E-state index is 12.8. The van der Waals surface area contributed by atoms with Gasteiger partial charge in [-0.05, 0) is 30.2 Å². The number of nitrogens with zero attached hydrogens (tertiary/aromatic N) is 1. The van der Waals surface area contributed by atoms with Crippen LogP contribution in [-0.2, 0) is 11.2 Å². The van der Waals surface area contributed by atoms with Crippen molar-refractivity contribution in [2.75, 3.05) is 40.0 Å². The second kappa shape index (κ2) is 10.5. The monoisotopic (exact) mass is 342 g/mol. The van der Waals surface area contributed by atoms with Crippen molar-refractivity contribution in [3.05, 3.63) is 65.7 Å². The molecule has 0 saturated carbocycles. The van der Waals surface area contributed by atoms with Crippen molar-refractivity contribution in [1.82, 2.24) is 4.90 Å². The molecule has 134 valence electrons. The number of ether oxygens (including phenoxy) is 2. The topological polar surface area (TPSA) is 64.8 Å². The third kappa shape index (κ3) is 6.21. The Kier molecular flexibility index (Phi) is 7.95. The highest BCUT2D eigenvalue weighted by molar-refractivity contribution is 5.94. The quantitative estimate of drug-likeness (QED) is 0.673. The van der Waals surface area contributed by atoms with Gasteiger partial charge in [0.1, 0.15) is 12.4 Å². The zero-order valence-electron chi connectivity index (χ0n) is 14.7. The predicted molar refractivity (Wildman–Crippen MR) is 98.9 cm³/mol. The number of carbonyl (C=O) groups is 1. The Morgan fingerprint density at radius 1 is 1.04 bits per heavy atom. The lowest BCUT2D eigenvalue weighted by Crippen LogP contribution is -2.36. The first-order chi connectivity index (χ1) is 12.2. The average molecular weight is 342 g/mol. The highest BCUT2D eigenvalue weighted by atomic mass is 16.5. The van der Waals surface area contributed by atoms with Gasteiger partial charge in [0.2, 0.25) is 0 Å². The third-order valence-electron chi connectivity index (χ3n) is 3.84. The molecule has 0 radical (unpaired) electrons. The summed E-state index contributed by atoms with van der Waals surface area (Å²) in [4.78, 5) is 14.6. The Bertz CT molecular complexity index is 646. The van der Waals surface area contributed by atoms with E-state index in [0.29, 0.717) is 44.2 Å². The van der Waals surface area contributed by atoms with Crippen molar-refractivity contribution in [2.24, 2.45) is 5.73 Å². The van der Waals surface area contributed by atoms with Gasteiger partial charge in [-0.3, -0.25) is 4.79 Å². The first-order valence-electron chi connectivity index (χ1n) is 8.49. The Balaban J connectivity index is 2.02. The fourth-order valence-electron chi connectivity index (χ4n) is 2.52. The number of rotatable bonds is 10. The van der Waals surface area contributed by atoms with Crippen LogP contribution in [0.25, 0.3) is 0 Å². The van der Waals surface area contributed by atoms with E-state index in [4.69, 9.17) is 15.2 Å². The maximum absolute atomic E-state index is 12.8. The Hall–Kier alpha value is -2.37. The first-order valence-corrected chi connectivity index (χ1v) is 8.49. The lowest BCUT2D eigenvalue weighted by Gasteiger charge is -2.22. The minimum atomic E-state index is -0.0291. The average Bonchev–Trinajstić information content (AvgIpc) is 2.66. The molecule has 0 aliphatic carbocycles. The highest BCUT2D eigenvalue weighted by Gasteiger charge is 2.15. The molecule has 0 aliphatic rings. The molecule has 0 spiro atoms. The molecule has 1 amide bonds. The van der Waals surface area contributed by atoms with E-state index in [9.17, 15) is 4.79 Å². The van der Waals surface area contributed by atoms with Gasteiger partial charge in [0.25, 0.3) is 5.91 Å². The van der Waals surface area contributed by atoms with Gasteiger partial charge in [0.05, 0.1) is 6.61 Å². The van der Waals surface area contributed by atoms with Crippen molar-refractivity contribution in [3.63, 3.8) is 0 Å². The van der Waals surface area contributed by atoms with Crippen LogP contribution >= 0.6 is 0 Å². The lowest BCUT2D eigenvalue weighted by atomic mass is 10.1. The fourth-order valence-corrected chi connectivity index (χ4v) is 2.52. The van der Waals surface area contributed by atoms with Gasteiger partial charge in [0.15, 0.2) is 0 Å². The van der Waals surface area contributed by atoms with Crippen LogP contribution in [-0.4, -0.2) is 50.8 Å². The van der Waals surface area contributed by atoms with Crippen molar-refractivity contribution >= 4 is 5.91 Å². The Labute approximate surface area is 149 Å². The molecule has 0 unspecified atom stereocenters. The number of carbonyl (C=O) groups excluding carboxylic acids is 1. The largest absolute Gasteiger partial charge is 0.491 e. The molecule has 2 rings (SSSR count). The normalized spacial score (nSPS) is 10.5. The van der Waals surface area contributed by atoms with Crippen LogP contribution in [0, 0.1) is 0 Å². The number of hydrogen-bond donors (Lipinski definition) is 1. The zero-order chi connectivity index (χ0) is 17.9. The second-order valence-corrected chi connectivity index (χ2v) is 5.69. The summed E-state index contributed by atoms with van der Waals surface area (Å²) in [6.45, 7) is 2.56. The summed E-state index contributed by atoms with van der Waals surface area (Å²) in [5.74, 6) is 0.636. The standard InChI is InChI=1S/C20H26N2O3/c1-24-14-15-25-19-9-5-8-18(16-19)20(23)22(13-11-21)12-10-17-6-3-2-4-7-17/h2-9,16H,10-15,21H2,1H3. The summed E-state index contributed by atoms with van der Waals surface area (Å²) in [6, 6.07) is 17.4. The zero-order valence-corrected chi connectivity index (χ0v) is 14.7. The first kappa shape index (κ1) is 19.0. The van der Waals surface area contributed by atoms with Gasteiger partial charge in [-0.25, -0.2) is 0 Å². The molecule has 5 nitrogen and oxygen atoms in total. The Morgan fingerprint density at radius 2 is 1.84 bits per heavy atom. The molecule has 0 bridgehead atoms. The summed E-state index contributed by atoms with van der Waals surface area (Å²) < 4.78 is 10.6. The number of nitrogens with two attached hydrogens (primary N) is 1. The number of hydrogen-bond acceptors (Lipinski definition) is 4. The Morgan fingerprint density at radius 3 is 2.56 bits per heavy atom. The van der Waals surface area contributed by atoms with Gasteiger partial charge in [-0.15, -0.1) is 0 Å². The predicted octanol–water partition coefficient (Wildman–Crippen LogP) is 2.36. The molecule has 0 fully saturated rings. The molecule has 5 heteroatoms. The molecule has 0 heterocycles. The fraction of sp³-hybridized carbons (Fsp3) is 0.350. The number of benzene rings is 2. The van der Waals surface area contributed by atoms with E-state index >= 15 is 0 Å². The van der Waals surface area contributed by atoms with Crippen molar-refractivity contribution in [2.45, 2.75) is 6.42 Å². The van der Waals surface area contributed by atoms with Crippen LogP contribution in [0.5, 0.6) is 5.75 Å². The molecule has 0 aromatic heterocycles. The van der Waals surface area contributed by atoms with Gasteiger partial charge in [-0.1, -0.05) is 36.4 Å². The van der Waals surface area contributed by atoms with Crippen LogP contribution in [0.2, 0.25) is 0 Å². The lowest BCUT2D eigenvalue weighted by molar-refractivity contribution is 0.0761. The SMILES string of the molecule is COCCOc1cccc(C(=O)N(CCN)CCc2ccccc2)c1. The van der Waals surface area contributed by atoms with Crippen molar-refractivity contribution in [3.8, 4) is 5.75 Å². The molecule has 0 aliphatic heterocycles. The summed E-state index contributed by atoms with van der Waals surface area (Å²) in [6.07, 6.45) is 0.802. The third-order valence-corrected chi connectivity index (χ3v) is 3.84. The van der Waals surface area contributed by atoms with Gasteiger partial charge < -0.3 is 20.1 Å². The van der Waals surface area contributed by atoms with E-state index in [1.54, 1.807) is 24.1 Å². The van der Waals surface area contributed by atoms with Crippen molar-refractivity contribution in [1.29, 1.82) is 0 Å². The van der Waals surface area contributed by atoms with Crippen LogP contribution in [0.3, 0.4) is 0 Å². The summed E-state index contributed by atoms with van der Waals surface area (Å²) in [7, 11) is 1.63. The van der Waals surface area contributed by atoms with Gasteiger partial charge in [0, 0.05) is 32.3 Å². The number of methoxy groups -OCH3 is 1. The van der Waals surface area contributed by atoms with E-state index in [-0.39, 0.29) is 5.91 Å². The highest BCUT2D eigenvalue weighted by Crippen LogP contribution is 2.15. The summed E-state index contributed by atoms with van der Waals surface area (Å²) in [5, 5.41) is 0. The van der Waals surface area contributed by atoms with Crippen LogP contribution in [0.15, 0.2) is 54.6 Å². The molecule has 2 aromatic carbocycles. The summed E-state index contributed by atoms with van der Waals surface area (Å²) in [5.41, 5.74) is 7.50. The molecule has 2 aromatic rings. The van der Waals surface area contributed by atoms with Crippen molar-refractivity contribution < 1.29 is 14.3 Å². The molecular weight excluding hydrogens is 316 g/mol. The molecule has 2 N–H and O–H groups in total. The van der Waals surface area contributed by atoms with E-state index < -0.39 is 0 Å². The maximum Gasteiger partial charge on any atom is 0.254 e. The molecule has 0 atom stereocenters. The molecule has 25 heavy (non-hydrogen) atoms. The van der Waals surface area contributed by atoms with E-state index in [1.807, 2.05) is 30.3 Å². The van der Waals surface area contributed by atoms with Gasteiger partial charge >= 0.3 is 0 Å². The minimum absolute atomic E-state index is 0.0291. The minimum Gasteiger partial charge on any atom is -0.491 e. The van der Waals surface area contributed by atoms with Gasteiger partial charge in [-0.2, -0.15) is 0 Å². The van der Waals surface area contributed by atoms with Crippen LogP contribution in [0.4, 0.5) is 0 Å². The number of amides is 1. The van der Waals surface area contributed by atoms with Crippen LogP contribution < -0.4 is 10.5 Å². The van der Waals surface area contributed by atoms with E-state index in [2.05, 4.69) is 12.1 Å². The second-order valence-electron chi connectivity index (χ2n) is 5.69. The molecule has 0 saturated heterocycles. The van der Waals surface area contributed by atoms with E-state index in [1.165, 1.54) is 5.56 Å². The van der Waals surface area contributed by atoms with E-state index in [0.717, 1.165) is 6.42 Å². The van der Waals surface area contributed by atoms with Crippen LogP contribution in [0.1, 0.15) is 15.9 Å².